The zero-order chi connectivity index (χ0) is 28.8. The number of fused-ring (bicyclic) bond motifs is 1. The summed E-state index contributed by atoms with van der Waals surface area (Å²) in [4.78, 5) is 65.6. The van der Waals surface area contributed by atoms with E-state index in [1.165, 1.54) is 62.6 Å². The summed E-state index contributed by atoms with van der Waals surface area (Å²) in [6, 6.07) is 17.3. The molecule has 2 aliphatic heterocycles. The van der Waals surface area contributed by atoms with E-state index in [4.69, 9.17) is 4.74 Å². The van der Waals surface area contributed by atoms with Gasteiger partial charge in [-0.05, 0) is 66.6 Å². The van der Waals surface area contributed by atoms with Crippen molar-refractivity contribution in [2.24, 2.45) is 11.8 Å². The number of imide groups is 1. The lowest BCUT2D eigenvalue weighted by Gasteiger charge is -2.31. The van der Waals surface area contributed by atoms with Crippen LogP contribution in [-0.4, -0.2) is 52.4 Å². The average Bonchev–Trinajstić information content (AvgIpc) is 3.43. The second-order valence-corrected chi connectivity index (χ2v) is 9.97. The molecule has 2 amide bonds. The number of Topliss-reactive ketones (excluding diaryl/α,β-unsaturated/α-hetero) is 1. The zero-order valence-electron chi connectivity index (χ0n) is 21.7. The number of carbonyl (C=O) groups excluding carboxylic acids is 4. The van der Waals surface area contributed by atoms with E-state index in [2.05, 4.69) is 5.32 Å². The third-order valence-electron chi connectivity index (χ3n) is 7.68. The number of hydrogen-bond donors (Lipinski definition) is 3. The Balaban J connectivity index is 1.61. The molecule has 10 heteroatoms. The Morgan fingerprint density at radius 2 is 1.50 bits per heavy atom. The molecule has 2 saturated heterocycles. The molecule has 0 radical (unpaired) electrons. The first-order valence-electron chi connectivity index (χ1n) is 12.5. The summed E-state index contributed by atoms with van der Waals surface area (Å²) in [7, 11) is 1.25. The van der Waals surface area contributed by atoms with Gasteiger partial charge < -0.3 is 14.9 Å². The number of carboxylic acid groups (broad SMARTS) is 1. The average molecular weight is 543 g/mol. The second kappa shape index (κ2) is 10.0. The summed E-state index contributed by atoms with van der Waals surface area (Å²) >= 11 is 0. The number of nitrogens with zero attached hydrogens (tertiary/aromatic N) is 1. The minimum atomic E-state index is -1.87. The molecule has 40 heavy (non-hydrogen) atoms. The Morgan fingerprint density at radius 3 is 2.05 bits per heavy atom. The lowest BCUT2D eigenvalue weighted by atomic mass is 9.76. The van der Waals surface area contributed by atoms with Gasteiger partial charge in [-0.1, -0.05) is 24.3 Å². The SMILES string of the molecule is COC(=O)c1ccc(C2NC(Cc3ccc(O)cc3)(C(=O)O)C3C(=O)N(c4ccc(C(C)=O)cc4)C(=O)C23)cc1. The largest absolute Gasteiger partial charge is 0.508 e. The number of benzene rings is 3. The molecule has 0 saturated carbocycles. The molecule has 0 aromatic heterocycles. The standard InChI is InChI=1S/C30H26N2O8/c1-16(33)18-9-11-21(12-10-18)32-26(35)23-24(27(32)36)30(29(38)39,15-17-3-13-22(34)14-4-17)31-25(23)19-5-7-20(8-6-19)28(37)40-2/h3-14,23-25,31,34H,15H2,1-2H3,(H,38,39). The smallest absolute Gasteiger partial charge is 0.337 e. The molecule has 4 atom stereocenters. The van der Waals surface area contributed by atoms with E-state index >= 15 is 0 Å². The number of phenols is 1. The number of ether oxygens (including phenoxy) is 1. The fourth-order valence-corrected chi connectivity index (χ4v) is 5.70. The normalized spacial score (nSPS) is 23.6. The van der Waals surface area contributed by atoms with E-state index in [-0.39, 0.29) is 29.2 Å². The van der Waals surface area contributed by atoms with E-state index in [0.717, 1.165) is 4.90 Å². The van der Waals surface area contributed by atoms with Gasteiger partial charge in [0.05, 0.1) is 30.2 Å². The molecule has 2 heterocycles. The molecule has 3 aromatic rings. The first kappa shape index (κ1) is 26.8. The number of amides is 2. The maximum Gasteiger partial charge on any atom is 0.337 e. The van der Waals surface area contributed by atoms with Gasteiger partial charge in [-0.25, -0.2) is 9.69 Å². The van der Waals surface area contributed by atoms with Crippen molar-refractivity contribution in [3.05, 3.63) is 95.1 Å². The van der Waals surface area contributed by atoms with Gasteiger partial charge in [-0.15, -0.1) is 0 Å². The highest BCUT2D eigenvalue weighted by atomic mass is 16.5. The minimum absolute atomic E-state index is 0.00117. The van der Waals surface area contributed by atoms with Crippen LogP contribution in [0.15, 0.2) is 72.8 Å². The Hall–Kier alpha value is -4.83. The number of carbonyl (C=O) groups is 5. The molecule has 0 bridgehead atoms. The number of ketones is 1. The molecular weight excluding hydrogens is 516 g/mol. The Kier molecular flexibility index (Phi) is 6.72. The number of aromatic hydroxyl groups is 1. The first-order valence-corrected chi connectivity index (χ1v) is 12.5. The number of methoxy groups -OCH3 is 1. The second-order valence-electron chi connectivity index (χ2n) is 9.97. The van der Waals surface area contributed by atoms with Gasteiger partial charge in [0.2, 0.25) is 11.8 Å². The highest BCUT2D eigenvalue weighted by molar-refractivity contribution is 6.24. The van der Waals surface area contributed by atoms with Crippen LogP contribution in [0, 0.1) is 11.8 Å². The van der Waals surface area contributed by atoms with Crippen molar-refractivity contribution in [3.8, 4) is 5.75 Å². The van der Waals surface area contributed by atoms with E-state index in [1.54, 1.807) is 24.3 Å². The molecule has 0 aliphatic carbocycles. The maximum atomic E-state index is 14.0. The van der Waals surface area contributed by atoms with Gasteiger partial charge in [0.25, 0.3) is 0 Å². The van der Waals surface area contributed by atoms with E-state index in [1.807, 2.05) is 0 Å². The van der Waals surface area contributed by atoms with Crippen molar-refractivity contribution in [2.45, 2.75) is 24.9 Å². The summed E-state index contributed by atoms with van der Waals surface area (Å²) in [5.74, 6) is -5.63. The van der Waals surface area contributed by atoms with E-state index in [0.29, 0.717) is 16.7 Å². The quantitative estimate of drug-likeness (QED) is 0.233. The van der Waals surface area contributed by atoms with Gasteiger partial charge >= 0.3 is 11.9 Å². The Labute approximate surface area is 229 Å². The van der Waals surface area contributed by atoms with Crippen molar-refractivity contribution in [3.63, 3.8) is 0 Å². The van der Waals surface area contributed by atoms with Gasteiger partial charge in [0.1, 0.15) is 11.3 Å². The first-order chi connectivity index (χ1) is 19.1. The number of esters is 1. The van der Waals surface area contributed by atoms with Gasteiger partial charge in [0, 0.05) is 18.0 Å². The van der Waals surface area contributed by atoms with Crippen LogP contribution in [0.4, 0.5) is 5.69 Å². The van der Waals surface area contributed by atoms with Crippen LogP contribution in [0.5, 0.6) is 5.75 Å². The number of anilines is 1. The maximum absolute atomic E-state index is 14.0. The molecule has 204 valence electrons. The Bertz CT molecular complexity index is 1510. The van der Waals surface area contributed by atoms with E-state index < -0.39 is 47.2 Å². The molecule has 10 nitrogen and oxygen atoms in total. The lowest BCUT2D eigenvalue weighted by Crippen LogP contribution is -2.57. The van der Waals surface area contributed by atoms with Crippen molar-refractivity contribution >= 4 is 35.2 Å². The summed E-state index contributed by atoms with van der Waals surface area (Å²) in [5, 5.41) is 23.4. The fraction of sp³-hybridized carbons (Fsp3) is 0.233. The van der Waals surface area contributed by atoms with Crippen molar-refractivity contribution in [2.75, 3.05) is 12.0 Å². The molecule has 2 fully saturated rings. The number of nitrogens with one attached hydrogen (secondary N) is 1. The highest BCUT2D eigenvalue weighted by Crippen LogP contribution is 2.51. The monoisotopic (exact) mass is 542 g/mol. The lowest BCUT2D eigenvalue weighted by molar-refractivity contribution is -0.148. The van der Waals surface area contributed by atoms with E-state index in [9.17, 15) is 34.2 Å². The predicted molar refractivity (Wildman–Crippen MR) is 142 cm³/mol. The fourth-order valence-electron chi connectivity index (χ4n) is 5.70. The van der Waals surface area contributed by atoms with Crippen LogP contribution in [0.2, 0.25) is 0 Å². The van der Waals surface area contributed by atoms with Gasteiger partial charge in [-0.3, -0.25) is 24.5 Å². The number of carboxylic acids is 1. The number of hydrogen-bond acceptors (Lipinski definition) is 8. The summed E-state index contributed by atoms with van der Waals surface area (Å²) in [6.07, 6.45) is -0.142. The minimum Gasteiger partial charge on any atom is -0.508 e. The van der Waals surface area contributed by atoms with Crippen molar-refractivity contribution < 1.29 is 38.9 Å². The predicted octanol–water partition coefficient (Wildman–Crippen LogP) is 2.90. The molecular formula is C30H26N2O8. The van der Waals surface area contributed by atoms with Crippen molar-refractivity contribution in [1.29, 1.82) is 0 Å². The van der Waals surface area contributed by atoms with Crippen LogP contribution < -0.4 is 10.2 Å². The number of phenolic OH excluding ortho intramolecular Hbond substituents is 1. The van der Waals surface area contributed by atoms with Gasteiger partial charge in [0.15, 0.2) is 5.78 Å². The van der Waals surface area contributed by atoms with Crippen LogP contribution in [0.3, 0.4) is 0 Å². The molecule has 0 spiro atoms. The van der Waals surface area contributed by atoms with Crippen molar-refractivity contribution in [1.82, 2.24) is 5.32 Å². The molecule has 2 aliphatic rings. The van der Waals surface area contributed by atoms with Crippen LogP contribution in [0.25, 0.3) is 0 Å². The van der Waals surface area contributed by atoms with Crippen LogP contribution in [0.1, 0.15) is 44.8 Å². The molecule has 4 unspecified atom stereocenters. The number of rotatable bonds is 7. The molecule has 5 rings (SSSR count). The van der Waals surface area contributed by atoms with Gasteiger partial charge in [-0.2, -0.15) is 0 Å². The molecule has 3 N–H and O–H groups in total. The number of aliphatic carboxylic acids is 1. The molecule has 3 aromatic carbocycles. The van der Waals surface area contributed by atoms with Crippen LogP contribution >= 0.6 is 0 Å². The summed E-state index contributed by atoms with van der Waals surface area (Å²) in [6.45, 7) is 1.40. The summed E-state index contributed by atoms with van der Waals surface area (Å²) < 4.78 is 4.75. The third kappa shape index (κ3) is 4.32. The topological polar surface area (TPSA) is 150 Å². The third-order valence-corrected chi connectivity index (χ3v) is 7.68. The summed E-state index contributed by atoms with van der Waals surface area (Å²) in [5.41, 5.74) is 0.104. The van der Waals surface area contributed by atoms with Crippen LogP contribution in [-0.2, 0) is 25.5 Å². The Morgan fingerprint density at radius 1 is 0.900 bits per heavy atom. The zero-order valence-corrected chi connectivity index (χ0v) is 21.7. The highest BCUT2D eigenvalue weighted by Gasteiger charge is 2.68.